The molecule has 1 aliphatic rings. The molecule has 0 radical (unpaired) electrons. The minimum Gasteiger partial charge on any atom is -0.475 e. The van der Waals surface area contributed by atoms with Crippen molar-refractivity contribution in [3.63, 3.8) is 0 Å². The van der Waals surface area contributed by atoms with Crippen molar-refractivity contribution >= 4 is 22.6 Å². The minimum atomic E-state index is -0.812. The highest BCUT2D eigenvalue weighted by atomic mass is 19.1. The Kier molecular flexibility index (Phi) is 8.44. The van der Waals surface area contributed by atoms with E-state index in [4.69, 9.17) is 14.2 Å². The summed E-state index contributed by atoms with van der Waals surface area (Å²) in [5.41, 5.74) is 0.731. The maximum atomic E-state index is 15.8. The smallest absolute Gasteiger partial charge is 0.343 e. The second-order valence-corrected chi connectivity index (χ2v) is 10.2. The molecule has 224 valence electrons. The third-order valence-electron chi connectivity index (χ3n) is 7.39. The first-order valence-corrected chi connectivity index (χ1v) is 14.4. The number of hydrogen-bond donors (Lipinski definition) is 0. The predicted octanol–water partition coefficient (Wildman–Crippen LogP) is 5.12. The van der Waals surface area contributed by atoms with Crippen molar-refractivity contribution in [3.8, 4) is 17.6 Å². The van der Waals surface area contributed by atoms with Crippen molar-refractivity contribution < 1.29 is 23.4 Å². The van der Waals surface area contributed by atoms with Gasteiger partial charge in [-0.25, -0.2) is 14.2 Å². The minimum absolute atomic E-state index is 0.00897. The third-order valence-corrected chi connectivity index (χ3v) is 7.39. The summed E-state index contributed by atoms with van der Waals surface area (Å²) in [5, 5.41) is 0.00897. The van der Waals surface area contributed by atoms with Gasteiger partial charge in [-0.05, 0) is 43.5 Å². The molecule has 0 spiro atoms. The van der Waals surface area contributed by atoms with E-state index < -0.39 is 17.2 Å². The van der Waals surface area contributed by atoms with E-state index >= 15 is 4.39 Å². The van der Waals surface area contributed by atoms with E-state index in [2.05, 4.69) is 15.0 Å². The molecule has 0 aliphatic carbocycles. The highest BCUT2D eigenvalue weighted by Crippen LogP contribution is 2.32. The summed E-state index contributed by atoms with van der Waals surface area (Å²) in [6.45, 7) is 2.90. The number of esters is 1. The van der Waals surface area contributed by atoms with Crippen LogP contribution < -0.4 is 19.8 Å². The Hall–Kier alpha value is -5.32. The average Bonchev–Trinajstić information content (AvgIpc) is 3.52. The van der Waals surface area contributed by atoms with Gasteiger partial charge in [-0.1, -0.05) is 36.4 Å². The Morgan fingerprint density at radius 1 is 1.05 bits per heavy atom. The van der Waals surface area contributed by atoms with Gasteiger partial charge < -0.3 is 19.1 Å². The lowest BCUT2D eigenvalue weighted by Crippen LogP contribution is -2.35. The van der Waals surface area contributed by atoms with Crippen molar-refractivity contribution in [2.75, 3.05) is 24.7 Å². The van der Waals surface area contributed by atoms with Crippen LogP contribution in [-0.4, -0.2) is 51.3 Å². The number of benzene rings is 2. The number of rotatable bonds is 10. The molecule has 1 saturated heterocycles. The molecule has 0 saturated carbocycles. The van der Waals surface area contributed by atoms with Crippen LogP contribution in [0.5, 0.6) is 11.8 Å². The fourth-order valence-corrected chi connectivity index (χ4v) is 5.29. The molecular weight excluding hydrogens is 565 g/mol. The quantitative estimate of drug-likeness (QED) is 0.203. The zero-order chi connectivity index (χ0) is 30.5. The highest BCUT2D eigenvalue weighted by Gasteiger charge is 2.29. The molecule has 1 atom stereocenters. The van der Waals surface area contributed by atoms with Crippen LogP contribution in [0, 0.1) is 5.82 Å². The molecule has 44 heavy (non-hydrogen) atoms. The Morgan fingerprint density at radius 2 is 1.89 bits per heavy atom. The second-order valence-electron chi connectivity index (χ2n) is 10.2. The molecule has 1 fully saturated rings. The van der Waals surface area contributed by atoms with E-state index in [1.165, 1.54) is 24.7 Å². The van der Waals surface area contributed by atoms with Gasteiger partial charge in [0.05, 0.1) is 41.6 Å². The first-order valence-electron chi connectivity index (χ1n) is 14.4. The number of aromatic nitrogens is 4. The van der Waals surface area contributed by atoms with Crippen LogP contribution in [-0.2, 0) is 11.3 Å². The molecule has 1 aliphatic heterocycles. The van der Waals surface area contributed by atoms with Crippen molar-refractivity contribution in [2.24, 2.45) is 0 Å². The number of anilines is 1. The summed E-state index contributed by atoms with van der Waals surface area (Å²) >= 11 is 0. The molecule has 4 heterocycles. The van der Waals surface area contributed by atoms with Gasteiger partial charge in [0, 0.05) is 25.0 Å². The molecular formula is C33H30FN5O5. The first kappa shape index (κ1) is 28.8. The van der Waals surface area contributed by atoms with Crippen LogP contribution in [0.3, 0.4) is 0 Å². The number of halogens is 1. The Morgan fingerprint density at radius 3 is 2.68 bits per heavy atom. The van der Waals surface area contributed by atoms with E-state index in [1.807, 2.05) is 47.4 Å². The van der Waals surface area contributed by atoms with Crippen LogP contribution in [0.1, 0.15) is 35.7 Å². The fraction of sp³-hybridized carbons (Fsp3) is 0.242. The van der Waals surface area contributed by atoms with Crippen molar-refractivity contribution in [1.29, 1.82) is 0 Å². The number of hydrogen-bond acceptors (Lipinski definition) is 9. The number of carbonyl (C=O) groups excluding carboxylic acids is 1. The van der Waals surface area contributed by atoms with Gasteiger partial charge in [-0.3, -0.25) is 14.3 Å². The maximum absolute atomic E-state index is 15.8. The van der Waals surface area contributed by atoms with E-state index in [-0.39, 0.29) is 41.9 Å². The molecule has 6 rings (SSSR count). The summed E-state index contributed by atoms with van der Waals surface area (Å²) in [5.74, 6) is -0.387. The lowest BCUT2D eigenvalue weighted by molar-refractivity contribution is 0.0524. The molecule has 0 amide bonds. The molecule has 0 N–H and O–H groups in total. The predicted molar refractivity (Wildman–Crippen MR) is 162 cm³/mol. The first-order chi connectivity index (χ1) is 21.5. The van der Waals surface area contributed by atoms with Gasteiger partial charge in [0.15, 0.2) is 5.82 Å². The summed E-state index contributed by atoms with van der Waals surface area (Å²) in [7, 11) is 0. The molecule has 11 heteroatoms. The van der Waals surface area contributed by atoms with Gasteiger partial charge in [0.25, 0.3) is 0 Å². The van der Waals surface area contributed by atoms with Crippen LogP contribution >= 0.6 is 0 Å². The number of fused-ring (bicyclic) bond motifs is 1. The van der Waals surface area contributed by atoms with Crippen LogP contribution in [0.2, 0.25) is 0 Å². The van der Waals surface area contributed by atoms with Gasteiger partial charge in [-0.2, -0.15) is 4.98 Å². The van der Waals surface area contributed by atoms with Crippen LogP contribution in [0.25, 0.3) is 16.7 Å². The van der Waals surface area contributed by atoms with Gasteiger partial charge in [-0.15, -0.1) is 0 Å². The Balaban J connectivity index is 1.40. The molecule has 0 unspecified atom stereocenters. The zero-order valence-corrected chi connectivity index (χ0v) is 24.1. The highest BCUT2D eigenvalue weighted by molar-refractivity contribution is 5.95. The summed E-state index contributed by atoms with van der Waals surface area (Å²) in [6, 6.07) is 17.7. The number of carbonyl (C=O) groups is 1. The van der Waals surface area contributed by atoms with E-state index in [9.17, 15) is 9.59 Å². The lowest BCUT2D eigenvalue weighted by atomic mass is 10.1. The summed E-state index contributed by atoms with van der Waals surface area (Å²) < 4.78 is 34.3. The van der Waals surface area contributed by atoms with E-state index in [0.29, 0.717) is 30.2 Å². The number of ether oxygens (including phenoxy) is 3. The summed E-state index contributed by atoms with van der Waals surface area (Å²) in [4.78, 5) is 41.3. The third kappa shape index (κ3) is 6.07. The van der Waals surface area contributed by atoms with Gasteiger partial charge in [0.2, 0.25) is 17.2 Å². The van der Waals surface area contributed by atoms with E-state index in [0.717, 1.165) is 18.4 Å². The van der Waals surface area contributed by atoms with Gasteiger partial charge >= 0.3 is 5.97 Å². The van der Waals surface area contributed by atoms with Crippen molar-refractivity contribution in [2.45, 2.75) is 32.4 Å². The zero-order valence-electron chi connectivity index (χ0n) is 24.1. The molecule has 3 aromatic heterocycles. The number of pyridine rings is 2. The maximum Gasteiger partial charge on any atom is 0.343 e. The molecule has 2 aromatic carbocycles. The Bertz CT molecular complexity index is 1830. The fourth-order valence-electron chi connectivity index (χ4n) is 5.29. The average molecular weight is 596 g/mol. The standard InChI is InChI=1S/C33H30FN5O5/c1-2-42-33(41)25-19-39(29-17-35-18-31(37-29)43-20-22-9-4-3-5-10-22)27-16-28(26(34)15-24(27)32(25)40)38-14-8-11-23(38)21-44-30-12-6-7-13-36-30/h3-7,9-10,12-13,15-19,23H,2,8,11,14,20-21H2,1H3/t23-/m1/s1. The van der Waals surface area contributed by atoms with Crippen LogP contribution in [0.15, 0.2) is 90.2 Å². The van der Waals surface area contributed by atoms with Gasteiger partial charge in [0.1, 0.15) is 24.6 Å². The molecule has 0 bridgehead atoms. The SMILES string of the molecule is CCOC(=O)c1cn(-c2cncc(OCc3ccccc3)n2)c2cc(N3CCC[C@@H]3COc3ccccn3)c(F)cc2c1=O. The number of nitrogens with zero attached hydrogens (tertiary/aromatic N) is 5. The topological polar surface area (TPSA) is 109 Å². The normalized spacial score (nSPS) is 14.5. The van der Waals surface area contributed by atoms with Crippen LogP contribution in [0.4, 0.5) is 10.1 Å². The van der Waals surface area contributed by atoms with Crippen molar-refractivity contribution in [1.82, 2.24) is 19.5 Å². The lowest BCUT2D eigenvalue weighted by Gasteiger charge is -2.27. The monoisotopic (exact) mass is 595 g/mol. The Labute approximate surface area is 252 Å². The van der Waals surface area contributed by atoms with E-state index in [1.54, 1.807) is 29.8 Å². The summed E-state index contributed by atoms with van der Waals surface area (Å²) in [6.07, 6.45) is 7.61. The largest absolute Gasteiger partial charge is 0.475 e. The molecule has 5 aromatic rings. The van der Waals surface area contributed by atoms with Crippen molar-refractivity contribution in [3.05, 3.63) is 113 Å². The second kappa shape index (κ2) is 12.9. The molecule has 10 nitrogen and oxygen atoms in total.